The lowest BCUT2D eigenvalue weighted by Crippen LogP contribution is -2.18. The monoisotopic (exact) mass is 326 g/mol. The molecule has 2 N–H and O–H groups in total. The third-order valence-corrected chi connectivity index (χ3v) is 3.67. The molecule has 0 aromatic carbocycles. The Labute approximate surface area is 128 Å². The van der Waals surface area contributed by atoms with Gasteiger partial charge in [-0.2, -0.15) is 4.98 Å². The fraction of sp³-hybridized carbons (Fsp3) is 0.250. The zero-order chi connectivity index (χ0) is 15.6. The van der Waals surface area contributed by atoms with Crippen LogP contribution in [0.1, 0.15) is 27.6 Å². The summed E-state index contributed by atoms with van der Waals surface area (Å²) >= 11 is 6.92. The third-order valence-electron chi connectivity index (χ3n) is 2.51. The Balaban J connectivity index is 2.31. The van der Waals surface area contributed by atoms with Crippen LogP contribution in [0.25, 0.3) is 0 Å². The quantitative estimate of drug-likeness (QED) is 0.651. The minimum Gasteiger partial charge on any atom is -0.478 e. The molecule has 2 rings (SSSR count). The maximum absolute atomic E-state index is 11.4. The largest absolute Gasteiger partial charge is 0.478 e. The van der Waals surface area contributed by atoms with E-state index in [-0.39, 0.29) is 22.0 Å². The lowest BCUT2D eigenvalue weighted by Gasteiger charge is -2.07. The fourth-order valence-corrected chi connectivity index (χ4v) is 2.88. The summed E-state index contributed by atoms with van der Waals surface area (Å²) in [5, 5.41) is 9.64. The predicted octanol–water partition coefficient (Wildman–Crippen LogP) is 1.82. The Morgan fingerprint density at radius 3 is 2.71 bits per heavy atom. The second-order valence-corrected chi connectivity index (χ2v) is 5.54. The molecule has 0 bridgehead atoms. The molecule has 0 atom stereocenters. The van der Waals surface area contributed by atoms with Gasteiger partial charge in [0.2, 0.25) is 0 Å². The van der Waals surface area contributed by atoms with Gasteiger partial charge < -0.3 is 10.1 Å². The first-order chi connectivity index (χ1) is 9.86. The Bertz CT molecular complexity index is 742. The number of carboxylic acid groups (broad SMARTS) is 1. The van der Waals surface area contributed by atoms with E-state index in [0.29, 0.717) is 16.7 Å². The number of rotatable bonds is 4. The van der Waals surface area contributed by atoms with Gasteiger partial charge in [0.15, 0.2) is 0 Å². The first-order valence-electron chi connectivity index (χ1n) is 5.84. The summed E-state index contributed by atoms with van der Waals surface area (Å²) < 4.78 is 0. The van der Waals surface area contributed by atoms with Crippen LogP contribution in [0.2, 0.25) is 5.15 Å². The van der Waals surface area contributed by atoms with Gasteiger partial charge in [0.05, 0.1) is 5.75 Å². The van der Waals surface area contributed by atoms with Crippen LogP contribution in [-0.4, -0.2) is 31.0 Å². The Morgan fingerprint density at radius 2 is 2.10 bits per heavy atom. The van der Waals surface area contributed by atoms with Crippen LogP contribution in [0, 0.1) is 13.8 Å². The van der Waals surface area contributed by atoms with E-state index in [4.69, 9.17) is 11.6 Å². The highest BCUT2D eigenvalue weighted by Crippen LogP contribution is 2.24. The SMILES string of the molecule is Cc1cc(Cl)nc(CSc2nc(=O)[nH]c(C)c2C(=O)O)n1. The minimum atomic E-state index is -1.15. The molecule has 0 unspecified atom stereocenters. The average Bonchev–Trinajstić information content (AvgIpc) is 2.33. The van der Waals surface area contributed by atoms with E-state index in [2.05, 4.69) is 19.9 Å². The number of nitrogens with zero attached hydrogens (tertiary/aromatic N) is 3. The summed E-state index contributed by atoms with van der Waals surface area (Å²) in [5.74, 6) is -0.444. The van der Waals surface area contributed by atoms with Crippen molar-refractivity contribution in [2.45, 2.75) is 24.6 Å². The number of carbonyl (C=O) groups is 1. The van der Waals surface area contributed by atoms with Crippen molar-refractivity contribution in [1.82, 2.24) is 19.9 Å². The molecule has 0 aliphatic carbocycles. The molecule has 0 fully saturated rings. The van der Waals surface area contributed by atoms with E-state index in [9.17, 15) is 14.7 Å². The van der Waals surface area contributed by atoms with Crippen LogP contribution in [0.5, 0.6) is 0 Å². The maximum Gasteiger partial charge on any atom is 0.346 e. The molecule has 0 aliphatic heterocycles. The molecule has 2 aromatic rings. The van der Waals surface area contributed by atoms with E-state index in [0.717, 1.165) is 11.8 Å². The average molecular weight is 327 g/mol. The van der Waals surface area contributed by atoms with Crippen molar-refractivity contribution in [1.29, 1.82) is 0 Å². The molecule has 0 saturated heterocycles. The normalized spacial score (nSPS) is 10.6. The van der Waals surface area contributed by atoms with E-state index in [1.807, 2.05) is 0 Å². The van der Waals surface area contributed by atoms with E-state index >= 15 is 0 Å². The number of aryl methyl sites for hydroxylation is 2. The molecule has 110 valence electrons. The summed E-state index contributed by atoms with van der Waals surface area (Å²) in [6.07, 6.45) is 0. The number of aromatic carboxylic acids is 1. The van der Waals surface area contributed by atoms with Gasteiger partial charge in [0.1, 0.15) is 21.6 Å². The molecule has 0 saturated carbocycles. The lowest BCUT2D eigenvalue weighted by molar-refractivity contribution is 0.0690. The Hall–Kier alpha value is -1.93. The molecular formula is C12H11ClN4O3S. The zero-order valence-electron chi connectivity index (χ0n) is 11.2. The summed E-state index contributed by atoms with van der Waals surface area (Å²) in [4.78, 5) is 36.9. The van der Waals surface area contributed by atoms with Crippen molar-refractivity contribution in [2.75, 3.05) is 0 Å². The van der Waals surface area contributed by atoms with Gasteiger partial charge in [0.25, 0.3) is 0 Å². The van der Waals surface area contributed by atoms with Crippen LogP contribution in [0.15, 0.2) is 15.9 Å². The van der Waals surface area contributed by atoms with Gasteiger partial charge in [-0.15, -0.1) is 0 Å². The van der Waals surface area contributed by atoms with Gasteiger partial charge in [-0.25, -0.2) is 19.6 Å². The number of hydrogen-bond acceptors (Lipinski definition) is 6. The smallest absolute Gasteiger partial charge is 0.346 e. The zero-order valence-corrected chi connectivity index (χ0v) is 12.7. The highest BCUT2D eigenvalue weighted by atomic mass is 35.5. The molecule has 2 heterocycles. The molecule has 0 radical (unpaired) electrons. The predicted molar refractivity (Wildman–Crippen MR) is 77.9 cm³/mol. The molecule has 0 spiro atoms. The molecule has 0 amide bonds. The van der Waals surface area contributed by atoms with E-state index in [1.165, 1.54) is 6.92 Å². The molecule has 0 aliphatic rings. The van der Waals surface area contributed by atoms with Crippen LogP contribution in [-0.2, 0) is 5.75 Å². The van der Waals surface area contributed by atoms with Crippen molar-refractivity contribution in [3.63, 3.8) is 0 Å². The van der Waals surface area contributed by atoms with Gasteiger partial charge in [-0.3, -0.25) is 0 Å². The standard InChI is InChI=1S/C12H11ClN4O3S/c1-5-3-7(13)16-8(14-5)4-21-10-9(11(18)19)6(2)15-12(20)17-10/h3H,4H2,1-2H3,(H,18,19)(H,15,17,20). The van der Waals surface area contributed by atoms with Crippen LogP contribution >= 0.6 is 23.4 Å². The lowest BCUT2D eigenvalue weighted by atomic mass is 10.2. The number of nitrogens with one attached hydrogen (secondary N) is 1. The number of aromatic amines is 1. The van der Waals surface area contributed by atoms with Crippen molar-refractivity contribution < 1.29 is 9.90 Å². The number of H-pyrrole nitrogens is 1. The molecule has 9 heteroatoms. The van der Waals surface area contributed by atoms with Crippen molar-refractivity contribution >= 4 is 29.3 Å². The highest BCUT2D eigenvalue weighted by molar-refractivity contribution is 7.98. The molecule has 7 nitrogen and oxygen atoms in total. The topological polar surface area (TPSA) is 109 Å². The van der Waals surface area contributed by atoms with Gasteiger partial charge >= 0.3 is 11.7 Å². The molecular weight excluding hydrogens is 316 g/mol. The molecule has 2 aromatic heterocycles. The van der Waals surface area contributed by atoms with Crippen LogP contribution in [0.4, 0.5) is 0 Å². The summed E-state index contributed by atoms with van der Waals surface area (Å²) in [6.45, 7) is 3.29. The van der Waals surface area contributed by atoms with Gasteiger partial charge in [0, 0.05) is 11.4 Å². The number of thioether (sulfide) groups is 1. The minimum absolute atomic E-state index is 0.0293. The van der Waals surface area contributed by atoms with Crippen molar-refractivity contribution in [3.05, 3.63) is 44.5 Å². The summed E-state index contributed by atoms with van der Waals surface area (Å²) in [7, 11) is 0. The summed E-state index contributed by atoms with van der Waals surface area (Å²) in [6, 6.07) is 1.62. The maximum atomic E-state index is 11.4. The Kier molecular flexibility index (Phi) is 4.59. The van der Waals surface area contributed by atoms with Gasteiger partial charge in [-0.1, -0.05) is 23.4 Å². The van der Waals surface area contributed by atoms with E-state index < -0.39 is 11.7 Å². The number of aromatic nitrogens is 4. The highest BCUT2D eigenvalue weighted by Gasteiger charge is 2.17. The number of carboxylic acids is 1. The van der Waals surface area contributed by atoms with Crippen molar-refractivity contribution in [3.8, 4) is 0 Å². The number of hydrogen-bond donors (Lipinski definition) is 2. The first-order valence-corrected chi connectivity index (χ1v) is 7.20. The van der Waals surface area contributed by atoms with E-state index in [1.54, 1.807) is 13.0 Å². The summed E-state index contributed by atoms with van der Waals surface area (Å²) in [5.41, 5.74) is 0.342. The van der Waals surface area contributed by atoms with Crippen LogP contribution in [0.3, 0.4) is 0 Å². The second-order valence-electron chi connectivity index (χ2n) is 4.19. The molecule has 21 heavy (non-hydrogen) atoms. The Morgan fingerprint density at radius 1 is 1.38 bits per heavy atom. The third kappa shape index (κ3) is 3.79. The van der Waals surface area contributed by atoms with Crippen LogP contribution < -0.4 is 5.69 Å². The van der Waals surface area contributed by atoms with Gasteiger partial charge in [-0.05, 0) is 19.9 Å². The second kappa shape index (κ2) is 6.23. The number of halogens is 1. The fourth-order valence-electron chi connectivity index (χ4n) is 1.70. The first kappa shape index (κ1) is 15.5. The van der Waals surface area contributed by atoms with Crippen molar-refractivity contribution in [2.24, 2.45) is 0 Å².